The van der Waals surface area contributed by atoms with Crippen LogP contribution >= 0.6 is 0 Å². The molecule has 0 aliphatic heterocycles. The molecule has 0 unspecified atom stereocenters. The molecule has 3 heteroatoms. The van der Waals surface area contributed by atoms with Crippen molar-refractivity contribution in [3.63, 3.8) is 0 Å². The van der Waals surface area contributed by atoms with Gasteiger partial charge in [0.05, 0.1) is 0 Å². The van der Waals surface area contributed by atoms with E-state index in [9.17, 15) is 4.39 Å². The summed E-state index contributed by atoms with van der Waals surface area (Å²) in [6, 6.07) is 16.3. The van der Waals surface area contributed by atoms with Crippen LogP contribution in [-0.4, -0.2) is 0 Å². The number of aryl methyl sites for hydroxylation is 1. The minimum Gasteiger partial charge on any atom is -0.206 e. The van der Waals surface area contributed by atoms with Crippen molar-refractivity contribution >= 4 is 0 Å². The Morgan fingerprint density at radius 1 is 0.543 bits per heavy atom. The summed E-state index contributed by atoms with van der Waals surface area (Å²) >= 11 is 0. The van der Waals surface area contributed by atoms with Gasteiger partial charge in [0.15, 0.2) is 11.6 Å². The summed E-state index contributed by atoms with van der Waals surface area (Å²) in [5, 5.41) is 0. The highest BCUT2D eigenvalue weighted by Crippen LogP contribution is 2.45. The van der Waals surface area contributed by atoms with Crippen molar-refractivity contribution in [1.82, 2.24) is 0 Å². The maximum atomic E-state index is 15.5. The number of hydrogen-bond donors (Lipinski definition) is 0. The first kappa shape index (κ1) is 34.8. The lowest BCUT2D eigenvalue weighted by atomic mass is 9.68. The van der Waals surface area contributed by atoms with E-state index in [2.05, 4.69) is 19.9 Å². The quantitative estimate of drug-likeness (QED) is 0.147. The predicted octanol–water partition coefficient (Wildman–Crippen LogP) is 14.0. The van der Waals surface area contributed by atoms with Crippen molar-refractivity contribution in [1.29, 1.82) is 0 Å². The summed E-state index contributed by atoms with van der Waals surface area (Å²) in [5.74, 6) is 1.41. The number of hydrogen-bond acceptors (Lipinski definition) is 0. The summed E-state index contributed by atoms with van der Waals surface area (Å²) in [7, 11) is 0. The fraction of sp³-hybridized carbons (Fsp3) is 0.581. The molecule has 5 rings (SSSR count). The van der Waals surface area contributed by atoms with Gasteiger partial charge >= 0.3 is 0 Å². The number of rotatable bonds is 15. The lowest BCUT2D eigenvalue weighted by Gasteiger charge is -2.38. The standard InChI is InChI=1S/C43H57F3/c1-3-5-7-9-10-12-31-14-16-32(17-15-31)33-18-20-34(21-19-33)38-27-28-39(41(44)30-38)35-22-24-36(25-23-35)40-29-26-37(42(45)43(40)46)13-11-8-6-4-2/h22-34H,3-21H2,1-2H3. The Hall–Kier alpha value is -2.55. The van der Waals surface area contributed by atoms with Crippen molar-refractivity contribution in [3.8, 4) is 22.3 Å². The van der Waals surface area contributed by atoms with E-state index in [0.29, 0.717) is 29.0 Å². The van der Waals surface area contributed by atoms with Gasteiger partial charge in [0, 0.05) is 11.1 Å². The van der Waals surface area contributed by atoms with Crippen molar-refractivity contribution in [3.05, 3.63) is 83.2 Å². The zero-order valence-electron chi connectivity index (χ0n) is 28.6. The largest absolute Gasteiger partial charge is 0.206 e. The first-order chi connectivity index (χ1) is 22.5. The molecule has 3 aromatic rings. The SMILES string of the molecule is CCCCCCCC1CCC(C2CCC(c3ccc(-c4ccc(-c5ccc(CCCCCC)c(F)c5F)cc4)c(F)c3)CC2)CC1. The van der Waals surface area contributed by atoms with E-state index < -0.39 is 11.6 Å². The van der Waals surface area contributed by atoms with Gasteiger partial charge < -0.3 is 0 Å². The third-order valence-corrected chi connectivity index (χ3v) is 11.5. The van der Waals surface area contributed by atoms with E-state index in [4.69, 9.17) is 0 Å². The van der Waals surface area contributed by atoms with Crippen LogP contribution in [0.2, 0.25) is 0 Å². The molecule has 0 spiro atoms. The van der Waals surface area contributed by atoms with Gasteiger partial charge in [0.1, 0.15) is 5.82 Å². The molecule has 0 heterocycles. The number of halogens is 3. The molecule has 0 atom stereocenters. The lowest BCUT2D eigenvalue weighted by molar-refractivity contribution is 0.155. The molecule has 2 aliphatic rings. The minimum atomic E-state index is -0.799. The minimum absolute atomic E-state index is 0.204. The van der Waals surface area contributed by atoms with E-state index in [0.717, 1.165) is 67.4 Å². The van der Waals surface area contributed by atoms with Gasteiger partial charge in [-0.05, 0) is 103 Å². The van der Waals surface area contributed by atoms with Gasteiger partial charge in [0.25, 0.3) is 0 Å². The molecule has 2 fully saturated rings. The second-order valence-corrected chi connectivity index (χ2v) is 14.6. The fourth-order valence-electron chi connectivity index (χ4n) is 8.51. The molecule has 3 aromatic carbocycles. The Kier molecular flexibility index (Phi) is 13.3. The second kappa shape index (κ2) is 17.6. The first-order valence-corrected chi connectivity index (χ1v) is 18.9. The Morgan fingerprint density at radius 3 is 1.74 bits per heavy atom. The van der Waals surface area contributed by atoms with E-state index in [1.165, 1.54) is 77.0 Å². The topological polar surface area (TPSA) is 0 Å². The Balaban J connectivity index is 1.12. The van der Waals surface area contributed by atoms with Crippen LogP contribution in [0, 0.1) is 35.2 Å². The van der Waals surface area contributed by atoms with E-state index >= 15 is 8.78 Å². The van der Waals surface area contributed by atoms with Crippen LogP contribution in [0.3, 0.4) is 0 Å². The molecule has 46 heavy (non-hydrogen) atoms. The highest BCUT2D eigenvalue weighted by atomic mass is 19.2. The smallest absolute Gasteiger partial charge is 0.166 e. The van der Waals surface area contributed by atoms with Crippen LogP contribution in [0.25, 0.3) is 22.3 Å². The summed E-state index contributed by atoms with van der Waals surface area (Å²) in [5.41, 5.74) is 3.72. The van der Waals surface area contributed by atoms with Crippen molar-refractivity contribution in [2.24, 2.45) is 17.8 Å². The van der Waals surface area contributed by atoms with Crippen molar-refractivity contribution in [2.45, 2.75) is 142 Å². The van der Waals surface area contributed by atoms with Crippen molar-refractivity contribution in [2.75, 3.05) is 0 Å². The molecule has 250 valence electrons. The van der Waals surface area contributed by atoms with Crippen LogP contribution in [0.4, 0.5) is 13.2 Å². The molecule has 2 saturated carbocycles. The van der Waals surface area contributed by atoms with Gasteiger partial charge in [-0.2, -0.15) is 0 Å². The predicted molar refractivity (Wildman–Crippen MR) is 189 cm³/mol. The summed E-state index contributed by atoms with van der Waals surface area (Å²) in [4.78, 5) is 0. The average molecular weight is 631 g/mol. The van der Waals surface area contributed by atoms with E-state index in [-0.39, 0.29) is 11.4 Å². The van der Waals surface area contributed by atoms with Crippen LogP contribution in [0.15, 0.2) is 54.6 Å². The summed E-state index contributed by atoms with van der Waals surface area (Å²) in [6.07, 6.45) is 23.7. The van der Waals surface area contributed by atoms with E-state index in [1.807, 2.05) is 18.2 Å². The van der Waals surface area contributed by atoms with Crippen LogP contribution in [0.1, 0.15) is 146 Å². The molecule has 0 saturated heterocycles. The molecule has 0 radical (unpaired) electrons. The third-order valence-electron chi connectivity index (χ3n) is 11.5. The summed E-state index contributed by atoms with van der Waals surface area (Å²) in [6.45, 7) is 4.42. The second-order valence-electron chi connectivity index (χ2n) is 14.6. The molecule has 0 bridgehead atoms. The molecule has 0 N–H and O–H groups in total. The average Bonchev–Trinajstić information content (AvgIpc) is 3.09. The Bertz CT molecular complexity index is 1340. The van der Waals surface area contributed by atoms with Crippen LogP contribution < -0.4 is 0 Å². The molecular formula is C43H57F3. The van der Waals surface area contributed by atoms with Gasteiger partial charge in [0.2, 0.25) is 0 Å². The van der Waals surface area contributed by atoms with Crippen LogP contribution in [0.5, 0.6) is 0 Å². The fourth-order valence-corrected chi connectivity index (χ4v) is 8.51. The van der Waals surface area contributed by atoms with Gasteiger partial charge in [-0.25, -0.2) is 13.2 Å². The lowest BCUT2D eigenvalue weighted by Crippen LogP contribution is -2.25. The molecule has 0 amide bonds. The van der Waals surface area contributed by atoms with E-state index in [1.54, 1.807) is 30.3 Å². The highest BCUT2D eigenvalue weighted by Gasteiger charge is 2.31. The molecular weight excluding hydrogens is 573 g/mol. The van der Waals surface area contributed by atoms with Gasteiger partial charge in [-0.15, -0.1) is 0 Å². The first-order valence-electron chi connectivity index (χ1n) is 18.9. The summed E-state index contributed by atoms with van der Waals surface area (Å²) < 4.78 is 45.3. The van der Waals surface area contributed by atoms with Gasteiger partial charge in [-0.1, -0.05) is 133 Å². The molecule has 0 aromatic heterocycles. The van der Waals surface area contributed by atoms with Crippen LogP contribution in [-0.2, 0) is 6.42 Å². The Morgan fingerprint density at radius 2 is 1.11 bits per heavy atom. The molecule has 0 nitrogen and oxygen atoms in total. The zero-order chi connectivity index (χ0) is 32.3. The van der Waals surface area contributed by atoms with Gasteiger partial charge in [-0.3, -0.25) is 0 Å². The molecule has 2 aliphatic carbocycles. The number of unbranched alkanes of at least 4 members (excludes halogenated alkanes) is 7. The van der Waals surface area contributed by atoms with Crippen molar-refractivity contribution < 1.29 is 13.2 Å². The Labute approximate surface area is 277 Å². The zero-order valence-corrected chi connectivity index (χ0v) is 28.6. The maximum absolute atomic E-state index is 15.5. The monoisotopic (exact) mass is 630 g/mol. The highest BCUT2D eigenvalue weighted by molar-refractivity contribution is 5.71. The number of benzene rings is 3. The third kappa shape index (κ3) is 9.07. The normalized spacial score (nSPS) is 21.8. The maximum Gasteiger partial charge on any atom is 0.166 e.